The molecule has 0 unspecified atom stereocenters. The van der Waals surface area contributed by atoms with Crippen LogP contribution in [0.4, 0.5) is 10.1 Å². The van der Waals surface area contributed by atoms with Gasteiger partial charge in [-0.3, -0.25) is 9.78 Å². The van der Waals surface area contributed by atoms with E-state index in [9.17, 15) is 9.18 Å². The lowest BCUT2D eigenvalue weighted by atomic mass is 10.1. The molecule has 1 amide bonds. The number of aromatic nitrogens is 3. The van der Waals surface area contributed by atoms with Gasteiger partial charge in [-0.15, -0.1) is 0 Å². The van der Waals surface area contributed by atoms with Gasteiger partial charge in [0, 0.05) is 42.3 Å². The van der Waals surface area contributed by atoms with Crippen molar-refractivity contribution in [2.24, 2.45) is 0 Å². The van der Waals surface area contributed by atoms with E-state index in [-0.39, 0.29) is 5.91 Å². The summed E-state index contributed by atoms with van der Waals surface area (Å²) in [7, 11) is 1.76. The predicted octanol–water partition coefficient (Wildman–Crippen LogP) is 5.02. The molecule has 6 heteroatoms. The highest BCUT2D eigenvalue weighted by molar-refractivity contribution is 6.06. The van der Waals surface area contributed by atoms with Crippen LogP contribution in [0.25, 0.3) is 16.6 Å². The monoisotopic (exact) mass is 400 g/mol. The first-order valence-corrected chi connectivity index (χ1v) is 10.0. The van der Waals surface area contributed by atoms with Gasteiger partial charge < -0.3 is 4.90 Å². The lowest BCUT2D eigenvalue weighted by Gasteiger charge is -2.18. The molecule has 150 valence electrons. The average Bonchev–Trinajstić information content (AvgIpc) is 3.57. The number of nitrogens with zero attached hydrogens (tertiary/aromatic N) is 4. The van der Waals surface area contributed by atoms with E-state index in [0.717, 1.165) is 28.0 Å². The predicted molar refractivity (Wildman–Crippen MR) is 114 cm³/mol. The normalized spacial score (nSPS) is 13.5. The summed E-state index contributed by atoms with van der Waals surface area (Å²) in [4.78, 5) is 19.1. The number of carbonyl (C=O) groups excluding carboxylic acids is 1. The fourth-order valence-electron chi connectivity index (χ4n) is 3.64. The molecule has 0 aliphatic heterocycles. The molecule has 0 spiro atoms. The van der Waals surface area contributed by atoms with Crippen LogP contribution >= 0.6 is 0 Å². The van der Waals surface area contributed by atoms with Crippen molar-refractivity contribution >= 4 is 17.1 Å². The number of carbonyl (C=O) groups is 1. The highest BCUT2D eigenvalue weighted by Crippen LogP contribution is 2.38. The zero-order chi connectivity index (χ0) is 20.7. The zero-order valence-corrected chi connectivity index (χ0v) is 16.6. The fraction of sp³-hybridized carbons (Fsp3) is 0.208. The van der Waals surface area contributed by atoms with Crippen LogP contribution in [0.3, 0.4) is 0 Å². The van der Waals surface area contributed by atoms with E-state index in [1.807, 2.05) is 42.6 Å². The molecular formula is C24H21FN4O. The van der Waals surface area contributed by atoms with E-state index in [0.29, 0.717) is 17.0 Å². The number of hydrogen-bond acceptors (Lipinski definition) is 3. The minimum Gasteiger partial charge on any atom is -0.311 e. The second kappa shape index (κ2) is 7.37. The van der Waals surface area contributed by atoms with E-state index < -0.39 is 6.67 Å². The molecule has 0 N–H and O–H groups in total. The van der Waals surface area contributed by atoms with Gasteiger partial charge in [0.2, 0.25) is 0 Å². The van der Waals surface area contributed by atoms with Crippen LogP contribution in [0.2, 0.25) is 0 Å². The smallest absolute Gasteiger partial charge is 0.259 e. The van der Waals surface area contributed by atoms with Gasteiger partial charge in [0.1, 0.15) is 6.67 Å². The maximum absolute atomic E-state index is 13.0. The third kappa shape index (κ3) is 3.34. The third-order valence-corrected chi connectivity index (χ3v) is 5.65. The lowest BCUT2D eigenvalue weighted by Crippen LogP contribution is -2.26. The van der Waals surface area contributed by atoms with Crippen molar-refractivity contribution < 1.29 is 9.18 Å². The molecule has 0 saturated heterocycles. The van der Waals surface area contributed by atoms with Crippen molar-refractivity contribution in [2.75, 3.05) is 11.9 Å². The summed E-state index contributed by atoms with van der Waals surface area (Å²) in [5, 5.41) is 4.40. The lowest BCUT2D eigenvalue weighted by molar-refractivity contribution is 0.0992. The highest BCUT2D eigenvalue weighted by Gasteiger charge is 2.25. The minimum absolute atomic E-state index is 0.109. The second-order valence-corrected chi connectivity index (χ2v) is 7.71. The first-order valence-electron chi connectivity index (χ1n) is 10.0. The van der Waals surface area contributed by atoms with E-state index >= 15 is 0 Å². The molecule has 5 nitrogen and oxygen atoms in total. The zero-order valence-electron chi connectivity index (χ0n) is 16.6. The molecule has 1 aromatic carbocycles. The van der Waals surface area contributed by atoms with Crippen molar-refractivity contribution in [3.63, 3.8) is 0 Å². The molecule has 5 rings (SSSR count). The summed E-state index contributed by atoms with van der Waals surface area (Å²) >= 11 is 0. The van der Waals surface area contributed by atoms with Crippen LogP contribution in [0, 0.1) is 0 Å². The third-order valence-electron chi connectivity index (χ3n) is 5.65. The van der Waals surface area contributed by atoms with E-state index in [4.69, 9.17) is 0 Å². The van der Waals surface area contributed by atoms with E-state index in [2.05, 4.69) is 10.1 Å². The number of halogens is 1. The number of rotatable bonds is 5. The first-order chi connectivity index (χ1) is 14.6. The van der Waals surface area contributed by atoms with Gasteiger partial charge in [0.15, 0.2) is 0 Å². The Morgan fingerprint density at radius 2 is 1.93 bits per heavy atom. The Bertz CT molecular complexity index is 1210. The summed E-state index contributed by atoms with van der Waals surface area (Å²) in [6.45, 7) is -0.484. The number of hydrogen-bond donors (Lipinski definition) is 0. The fourth-order valence-corrected chi connectivity index (χ4v) is 3.64. The van der Waals surface area contributed by atoms with Gasteiger partial charge in [-0.05, 0) is 48.2 Å². The molecule has 0 bridgehead atoms. The van der Waals surface area contributed by atoms with Gasteiger partial charge in [-0.1, -0.05) is 24.3 Å². The maximum Gasteiger partial charge on any atom is 0.259 e. The summed E-state index contributed by atoms with van der Waals surface area (Å²) in [5.74, 6) is 0.455. The Morgan fingerprint density at radius 1 is 1.13 bits per heavy atom. The van der Waals surface area contributed by atoms with Crippen LogP contribution < -0.4 is 4.90 Å². The number of anilines is 1. The SMILES string of the molecule is CN(C(=O)c1ccc(C2CC2)nc1)c1ccn2ncc(-c3ccc(CF)cc3)c2c1. The Kier molecular flexibility index (Phi) is 4.54. The van der Waals surface area contributed by atoms with Gasteiger partial charge >= 0.3 is 0 Å². The molecule has 30 heavy (non-hydrogen) atoms. The average molecular weight is 400 g/mol. The molecule has 0 radical (unpaired) electrons. The van der Waals surface area contributed by atoms with E-state index in [1.165, 1.54) is 12.8 Å². The number of pyridine rings is 2. The number of benzene rings is 1. The van der Waals surface area contributed by atoms with Crippen LogP contribution in [-0.4, -0.2) is 27.6 Å². The summed E-state index contributed by atoms with van der Waals surface area (Å²) in [6.07, 6.45) is 7.66. The second-order valence-electron chi connectivity index (χ2n) is 7.71. The molecule has 0 atom stereocenters. The molecule has 4 aromatic rings. The van der Waals surface area contributed by atoms with Gasteiger partial charge in [0.05, 0.1) is 17.3 Å². The maximum atomic E-state index is 13.0. The van der Waals surface area contributed by atoms with Crippen molar-refractivity contribution in [2.45, 2.75) is 25.4 Å². The molecular weight excluding hydrogens is 379 g/mol. The minimum atomic E-state index is -0.484. The van der Waals surface area contributed by atoms with Crippen LogP contribution in [0.5, 0.6) is 0 Å². The highest BCUT2D eigenvalue weighted by atomic mass is 19.1. The van der Waals surface area contributed by atoms with Crippen LogP contribution in [0.1, 0.15) is 40.4 Å². The van der Waals surface area contributed by atoms with Crippen molar-refractivity contribution in [3.8, 4) is 11.1 Å². The summed E-state index contributed by atoms with van der Waals surface area (Å²) in [5.41, 5.74) is 5.80. The topological polar surface area (TPSA) is 50.5 Å². The Hall–Kier alpha value is -3.54. The molecule has 1 aliphatic carbocycles. The molecule has 1 saturated carbocycles. The standard InChI is InChI=1S/C24H21FN4O/c1-28(24(30)19-8-9-22(26-14-19)18-6-7-18)20-10-11-29-23(12-20)21(15-27-29)17-4-2-16(13-25)3-5-17/h2-5,8-12,14-15,18H,6-7,13H2,1H3. The first kappa shape index (κ1) is 18.5. The van der Waals surface area contributed by atoms with Crippen LogP contribution in [0.15, 0.2) is 67.1 Å². The van der Waals surface area contributed by atoms with Crippen molar-refractivity contribution in [3.05, 3.63) is 83.9 Å². The Labute approximate surface area is 173 Å². The van der Waals surface area contributed by atoms with Crippen molar-refractivity contribution in [1.82, 2.24) is 14.6 Å². The van der Waals surface area contributed by atoms with Gasteiger partial charge in [-0.2, -0.15) is 5.10 Å². The number of amides is 1. The summed E-state index contributed by atoms with van der Waals surface area (Å²) < 4.78 is 14.6. The molecule has 1 fully saturated rings. The van der Waals surface area contributed by atoms with Gasteiger partial charge in [0.25, 0.3) is 5.91 Å². The quantitative estimate of drug-likeness (QED) is 0.473. The molecule has 3 aromatic heterocycles. The van der Waals surface area contributed by atoms with Crippen LogP contribution in [-0.2, 0) is 6.67 Å². The van der Waals surface area contributed by atoms with E-state index in [1.54, 1.807) is 41.0 Å². The Morgan fingerprint density at radius 3 is 2.60 bits per heavy atom. The number of fused-ring (bicyclic) bond motifs is 1. The summed E-state index contributed by atoms with van der Waals surface area (Å²) in [6, 6.07) is 14.9. The largest absolute Gasteiger partial charge is 0.311 e. The van der Waals surface area contributed by atoms with Crippen molar-refractivity contribution in [1.29, 1.82) is 0 Å². The molecule has 3 heterocycles. The Balaban J connectivity index is 1.45. The molecule has 1 aliphatic rings. The number of alkyl halides is 1. The van der Waals surface area contributed by atoms with Gasteiger partial charge in [-0.25, -0.2) is 8.91 Å².